The first kappa shape index (κ1) is 18.0. The molecule has 1 fully saturated rings. The Balaban J connectivity index is 1.37. The van der Waals surface area contributed by atoms with Crippen LogP contribution < -0.4 is 10.1 Å². The van der Waals surface area contributed by atoms with Crippen LogP contribution in [0.1, 0.15) is 11.1 Å². The van der Waals surface area contributed by atoms with Crippen LogP contribution >= 0.6 is 11.8 Å². The first-order chi connectivity index (χ1) is 12.7. The van der Waals surface area contributed by atoms with Gasteiger partial charge in [0, 0.05) is 0 Å². The van der Waals surface area contributed by atoms with E-state index in [1.54, 1.807) is 6.21 Å². The van der Waals surface area contributed by atoms with Gasteiger partial charge in [0.25, 0.3) is 5.24 Å². The quantitative estimate of drug-likeness (QED) is 0.439. The van der Waals surface area contributed by atoms with Gasteiger partial charge < -0.3 is 9.57 Å². The highest BCUT2D eigenvalue weighted by Crippen LogP contribution is 2.23. The lowest BCUT2D eigenvalue weighted by molar-refractivity contribution is -0.118. The third-order valence-corrected chi connectivity index (χ3v) is 4.61. The number of benzene rings is 2. The standard InChI is InChI=1S/C19H18N2O4S/c22-18-17(26-19(23)21-18)12-14-6-8-16(9-7-14)24-10-11-25-20-13-15-4-2-1-3-5-15/h1-9,13,17H,10-12H2,(H,21,22,23)/b20-13+. The molecule has 1 saturated heterocycles. The summed E-state index contributed by atoms with van der Waals surface area (Å²) < 4.78 is 5.58. The molecule has 26 heavy (non-hydrogen) atoms. The Morgan fingerprint density at radius 2 is 1.81 bits per heavy atom. The molecule has 1 aliphatic heterocycles. The van der Waals surface area contributed by atoms with Gasteiger partial charge in [0.1, 0.15) is 12.4 Å². The molecule has 0 saturated carbocycles. The number of nitrogens with zero attached hydrogens (tertiary/aromatic N) is 1. The fourth-order valence-electron chi connectivity index (χ4n) is 2.35. The Kier molecular flexibility index (Phi) is 6.27. The van der Waals surface area contributed by atoms with Crippen molar-refractivity contribution in [1.82, 2.24) is 5.32 Å². The zero-order chi connectivity index (χ0) is 18.2. The lowest BCUT2D eigenvalue weighted by atomic mass is 10.1. The second-order valence-electron chi connectivity index (χ2n) is 5.56. The SMILES string of the molecule is O=C1NC(=O)C(Cc2ccc(OCCO/N=C/c3ccccc3)cc2)S1. The van der Waals surface area contributed by atoms with E-state index >= 15 is 0 Å². The number of hydrogen-bond donors (Lipinski definition) is 1. The molecule has 0 aromatic heterocycles. The van der Waals surface area contributed by atoms with Gasteiger partial charge in [-0.2, -0.15) is 0 Å². The fourth-order valence-corrected chi connectivity index (χ4v) is 3.21. The summed E-state index contributed by atoms with van der Waals surface area (Å²) in [6.45, 7) is 0.715. The van der Waals surface area contributed by atoms with E-state index in [1.165, 1.54) is 0 Å². The van der Waals surface area contributed by atoms with Crippen LogP contribution in [0.3, 0.4) is 0 Å². The average molecular weight is 370 g/mol. The van der Waals surface area contributed by atoms with E-state index in [9.17, 15) is 9.59 Å². The van der Waals surface area contributed by atoms with Crippen LogP contribution in [0, 0.1) is 0 Å². The molecule has 7 heteroatoms. The van der Waals surface area contributed by atoms with Crippen molar-refractivity contribution in [3.05, 3.63) is 65.7 Å². The van der Waals surface area contributed by atoms with Gasteiger partial charge in [-0.15, -0.1) is 0 Å². The lowest BCUT2D eigenvalue weighted by Gasteiger charge is -2.08. The number of rotatable bonds is 8. The molecule has 1 N–H and O–H groups in total. The molecule has 2 aromatic rings. The Morgan fingerprint density at radius 3 is 2.50 bits per heavy atom. The monoisotopic (exact) mass is 370 g/mol. The maximum Gasteiger partial charge on any atom is 0.286 e. The van der Waals surface area contributed by atoms with Gasteiger partial charge in [-0.3, -0.25) is 14.9 Å². The molecule has 1 aliphatic rings. The highest BCUT2D eigenvalue weighted by atomic mass is 32.2. The second kappa shape index (κ2) is 9.05. The van der Waals surface area contributed by atoms with Crippen molar-refractivity contribution in [1.29, 1.82) is 0 Å². The molecular formula is C19H18N2O4S. The molecule has 3 rings (SSSR count). The Labute approximate surface area is 155 Å². The Bertz CT molecular complexity index is 778. The van der Waals surface area contributed by atoms with Crippen LogP contribution in [-0.4, -0.2) is 35.8 Å². The highest BCUT2D eigenvalue weighted by Gasteiger charge is 2.31. The molecule has 1 atom stereocenters. The predicted octanol–water partition coefficient (Wildman–Crippen LogP) is 3.01. The first-order valence-corrected chi connectivity index (χ1v) is 9.02. The zero-order valence-corrected chi connectivity index (χ0v) is 14.8. The molecule has 0 aliphatic carbocycles. The van der Waals surface area contributed by atoms with Gasteiger partial charge in [0.15, 0.2) is 6.61 Å². The number of amides is 2. The van der Waals surface area contributed by atoms with Gasteiger partial charge in [-0.1, -0.05) is 59.4 Å². The Hall–Kier alpha value is -2.80. The maximum absolute atomic E-state index is 11.6. The summed E-state index contributed by atoms with van der Waals surface area (Å²) >= 11 is 1.03. The van der Waals surface area contributed by atoms with E-state index in [-0.39, 0.29) is 16.4 Å². The molecule has 1 heterocycles. The van der Waals surface area contributed by atoms with E-state index in [1.807, 2.05) is 54.6 Å². The summed E-state index contributed by atoms with van der Waals surface area (Å²) in [5.74, 6) is 0.484. The maximum atomic E-state index is 11.6. The number of ether oxygens (including phenoxy) is 1. The third-order valence-electron chi connectivity index (χ3n) is 3.63. The van der Waals surface area contributed by atoms with E-state index in [0.717, 1.165) is 22.9 Å². The largest absolute Gasteiger partial charge is 0.490 e. The number of carbonyl (C=O) groups is 2. The molecule has 134 valence electrons. The third kappa shape index (κ3) is 5.35. The van der Waals surface area contributed by atoms with E-state index < -0.39 is 0 Å². The molecule has 6 nitrogen and oxygen atoms in total. The fraction of sp³-hybridized carbons (Fsp3) is 0.211. The minimum Gasteiger partial charge on any atom is -0.490 e. The first-order valence-electron chi connectivity index (χ1n) is 8.14. The van der Waals surface area contributed by atoms with E-state index in [4.69, 9.17) is 9.57 Å². The topological polar surface area (TPSA) is 77.0 Å². The molecule has 1 unspecified atom stereocenters. The lowest BCUT2D eigenvalue weighted by Crippen LogP contribution is -2.25. The van der Waals surface area contributed by atoms with Crippen LogP contribution in [0.5, 0.6) is 5.75 Å². The van der Waals surface area contributed by atoms with Crippen molar-refractivity contribution in [2.75, 3.05) is 13.2 Å². The van der Waals surface area contributed by atoms with Crippen molar-refractivity contribution < 1.29 is 19.2 Å². The van der Waals surface area contributed by atoms with Crippen molar-refractivity contribution >= 4 is 29.1 Å². The number of thioether (sulfide) groups is 1. The van der Waals surface area contributed by atoms with Gasteiger partial charge in [0.2, 0.25) is 5.91 Å². The zero-order valence-electron chi connectivity index (χ0n) is 14.0. The van der Waals surface area contributed by atoms with E-state index in [2.05, 4.69) is 10.5 Å². The van der Waals surface area contributed by atoms with Gasteiger partial charge >= 0.3 is 0 Å². The minimum atomic E-state index is -0.356. The summed E-state index contributed by atoms with van der Waals surface area (Å²) in [5, 5.41) is 5.53. The average Bonchev–Trinajstić information content (AvgIpc) is 2.97. The summed E-state index contributed by atoms with van der Waals surface area (Å²) in [5.41, 5.74) is 1.95. The van der Waals surface area contributed by atoms with Crippen molar-refractivity contribution in [3.63, 3.8) is 0 Å². The van der Waals surface area contributed by atoms with Crippen LogP contribution in [0.15, 0.2) is 59.8 Å². The molecule has 0 bridgehead atoms. The summed E-state index contributed by atoms with van der Waals surface area (Å²) in [6, 6.07) is 17.1. The molecule has 0 spiro atoms. The van der Waals surface area contributed by atoms with Crippen molar-refractivity contribution in [2.45, 2.75) is 11.7 Å². The number of hydrogen-bond acceptors (Lipinski definition) is 6. The molecule has 0 radical (unpaired) electrons. The van der Waals surface area contributed by atoms with Crippen LogP contribution in [-0.2, 0) is 16.1 Å². The molecule has 2 aromatic carbocycles. The smallest absolute Gasteiger partial charge is 0.286 e. The van der Waals surface area contributed by atoms with Gasteiger partial charge in [-0.05, 0) is 29.7 Å². The molecular weight excluding hydrogens is 352 g/mol. The normalized spacial score (nSPS) is 16.7. The highest BCUT2D eigenvalue weighted by molar-refractivity contribution is 8.15. The van der Waals surface area contributed by atoms with Crippen LogP contribution in [0.4, 0.5) is 4.79 Å². The van der Waals surface area contributed by atoms with Gasteiger partial charge in [0.05, 0.1) is 11.5 Å². The van der Waals surface area contributed by atoms with Crippen LogP contribution in [0.25, 0.3) is 0 Å². The van der Waals surface area contributed by atoms with Crippen molar-refractivity contribution in [2.24, 2.45) is 5.16 Å². The minimum absolute atomic E-state index is 0.228. The van der Waals surface area contributed by atoms with Gasteiger partial charge in [-0.25, -0.2) is 0 Å². The number of carbonyl (C=O) groups excluding carboxylic acids is 2. The van der Waals surface area contributed by atoms with Crippen molar-refractivity contribution in [3.8, 4) is 5.75 Å². The number of imide groups is 1. The summed E-state index contributed by atoms with van der Waals surface area (Å²) in [7, 11) is 0. The van der Waals surface area contributed by atoms with E-state index in [0.29, 0.717) is 25.4 Å². The molecule has 2 amide bonds. The summed E-state index contributed by atoms with van der Waals surface area (Å²) in [4.78, 5) is 27.9. The van der Waals surface area contributed by atoms with Crippen LogP contribution in [0.2, 0.25) is 0 Å². The number of oxime groups is 1. The predicted molar refractivity (Wildman–Crippen MR) is 101 cm³/mol. The number of nitrogens with one attached hydrogen (secondary N) is 1. The summed E-state index contributed by atoms with van der Waals surface area (Å²) in [6.07, 6.45) is 2.16. The second-order valence-corrected chi connectivity index (χ2v) is 6.73. The Morgan fingerprint density at radius 1 is 1.04 bits per heavy atom.